The Balaban J connectivity index is 1.69. The maximum atomic E-state index is 11.9. The van der Waals surface area contributed by atoms with E-state index in [2.05, 4.69) is 26.6 Å². The molecule has 0 saturated heterocycles. The molecule has 25 heavy (non-hydrogen) atoms. The topological polar surface area (TPSA) is 58.2 Å². The van der Waals surface area contributed by atoms with Crippen LogP contribution in [0.3, 0.4) is 0 Å². The molecule has 7 heteroatoms. The summed E-state index contributed by atoms with van der Waals surface area (Å²) >= 11 is 10.8. The molecule has 0 heterocycles. The third kappa shape index (κ3) is 7.10. The third-order valence-electron chi connectivity index (χ3n) is 3.30. The highest BCUT2D eigenvalue weighted by atomic mass is 79.9. The minimum absolute atomic E-state index is 0.0495. The highest BCUT2D eigenvalue weighted by molar-refractivity contribution is 9.10. The van der Waals surface area contributed by atoms with Gasteiger partial charge < -0.3 is 10.6 Å². The van der Waals surface area contributed by atoms with Gasteiger partial charge in [0.1, 0.15) is 0 Å². The minimum Gasteiger partial charge on any atom is -0.346 e. The van der Waals surface area contributed by atoms with Gasteiger partial charge in [0.2, 0.25) is 11.8 Å². The van der Waals surface area contributed by atoms with Crippen LogP contribution in [0.25, 0.3) is 0 Å². The summed E-state index contributed by atoms with van der Waals surface area (Å²) in [5.41, 5.74) is 2.75. The number of aryl methyl sites for hydroxylation is 1. The van der Waals surface area contributed by atoms with Crippen molar-refractivity contribution in [2.75, 3.05) is 17.6 Å². The van der Waals surface area contributed by atoms with Crippen LogP contribution in [-0.2, 0) is 15.3 Å². The van der Waals surface area contributed by atoms with Crippen LogP contribution in [-0.4, -0.2) is 24.1 Å². The van der Waals surface area contributed by atoms with Gasteiger partial charge in [0.15, 0.2) is 0 Å². The Labute approximate surface area is 164 Å². The standard InChI is InChI=1S/C18H18BrClN2O2S/c1-12-7-14(19)5-6-16(12)22-17(23)9-21-18(24)11-25-10-13-3-2-4-15(20)8-13/h2-8H,9-11H2,1H3,(H,21,24)(H,22,23). The molecule has 0 fully saturated rings. The van der Waals surface area contributed by atoms with Crippen molar-refractivity contribution in [2.45, 2.75) is 12.7 Å². The Morgan fingerprint density at radius 3 is 2.68 bits per heavy atom. The molecule has 0 aliphatic heterocycles. The lowest BCUT2D eigenvalue weighted by atomic mass is 10.2. The van der Waals surface area contributed by atoms with E-state index in [-0.39, 0.29) is 24.1 Å². The molecular formula is C18H18BrClN2O2S. The summed E-state index contributed by atoms with van der Waals surface area (Å²) in [4.78, 5) is 23.8. The third-order valence-corrected chi connectivity index (χ3v) is 5.03. The Morgan fingerprint density at radius 2 is 1.96 bits per heavy atom. The normalized spacial score (nSPS) is 10.4. The van der Waals surface area contributed by atoms with Gasteiger partial charge in [-0.25, -0.2) is 0 Å². The molecule has 2 rings (SSSR count). The summed E-state index contributed by atoms with van der Waals surface area (Å²) in [5.74, 6) is 0.559. The Bertz CT molecular complexity index is 770. The van der Waals surface area contributed by atoms with Crippen LogP contribution in [0.15, 0.2) is 46.9 Å². The second-order valence-corrected chi connectivity index (χ2v) is 7.74. The monoisotopic (exact) mass is 440 g/mol. The van der Waals surface area contributed by atoms with E-state index in [0.717, 1.165) is 21.3 Å². The zero-order chi connectivity index (χ0) is 18.2. The Morgan fingerprint density at radius 1 is 1.16 bits per heavy atom. The number of carbonyl (C=O) groups is 2. The van der Waals surface area contributed by atoms with Gasteiger partial charge in [-0.1, -0.05) is 39.7 Å². The van der Waals surface area contributed by atoms with E-state index in [9.17, 15) is 9.59 Å². The van der Waals surface area contributed by atoms with Crippen LogP contribution in [0.4, 0.5) is 5.69 Å². The van der Waals surface area contributed by atoms with E-state index in [4.69, 9.17) is 11.6 Å². The zero-order valence-electron chi connectivity index (χ0n) is 13.6. The molecule has 2 aromatic rings. The van der Waals surface area contributed by atoms with E-state index in [1.165, 1.54) is 11.8 Å². The number of carbonyl (C=O) groups excluding carboxylic acids is 2. The quantitative estimate of drug-likeness (QED) is 0.669. The van der Waals surface area contributed by atoms with Crippen molar-refractivity contribution in [3.8, 4) is 0 Å². The fraction of sp³-hybridized carbons (Fsp3) is 0.222. The number of benzene rings is 2. The number of rotatable bonds is 7. The van der Waals surface area contributed by atoms with Crippen molar-refractivity contribution < 1.29 is 9.59 Å². The summed E-state index contributed by atoms with van der Waals surface area (Å²) in [5, 5.41) is 6.09. The van der Waals surface area contributed by atoms with Gasteiger partial charge in [0, 0.05) is 20.9 Å². The second kappa shape index (κ2) is 9.85. The van der Waals surface area contributed by atoms with E-state index in [1.54, 1.807) is 0 Å². The minimum atomic E-state index is -0.251. The van der Waals surface area contributed by atoms with Crippen LogP contribution in [0.2, 0.25) is 5.02 Å². The van der Waals surface area contributed by atoms with Gasteiger partial charge in [0.25, 0.3) is 0 Å². The van der Waals surface area contributed by atoms with E-state index in [0.29, 0.717) is 10.8 Å². The fourth-order valence-corrected chi connectivity index (χ4v) is 3.57. The number of hydrogen-bond acceptors (Lipinski definition) is 3. The highest BCUT2D eigenvalue weighted by Crippen LogP contribution is 2.20. The Hall–Kier alpha value is -1.50. The van der Waals surface area contributed by atoms with Crippen molar-refractivity contribution in [3.05, 3.63) is 63.1 Å². The molecule has 132 valence electrons. The van der Waals surface area contributed by atoms with Crippen LogP contribution in [0.5, 0.6) is 0 Å². The van der Waals surface area contributed by atoms with Crippen molar-refractivity contribution in [1.29, 1.82) is 0 Å². The average molecular weight is 442 g/mol. The van der Waals surface area contributed by atoms with E-state index in [1.807, 2.05) is 49.4 Å². The second-order valence-electron chi connectivity index (χ2n) is 5.41. The Kier molecular flexibility index (Phi) is 7.81. The summed E-state index contributed by atoms with van der Waals surface area (Å²) in [6.45, 7) is 1.86. The van der Waals surface area contributed by atoms with Crippen molar-refractivity contribution in [1.82, 2.24) is 5.32 Å². The van der Waals surface area contributed by atoms with Crippen LogP contribution < -0.4 is 10.6 Å². The molecule has 0 aliphatic rings. The van der Waals surface area contributed by atoms with Gasteiger partial charge in [-0.15, -0.1) is 11.8 Å². The number of anilines is 1. The lowest BCUT2D eigenvalue weighted by molar-refractivity contribution is -0.122. The molecule has 2 N–H and O–H groups in total. The molecule has 0 saturated carbocycles. The van der Waals surface area contributed by atoms with Gasteiger partial charge >= 0.3 is 0 Å². The summed E-state index contributed by atoms with van der Waals surface area (Å²) in [6, 6.07) is 13.1. The molecule has 0 aromatic heterocycles. The predicted molar refractivity (Wildman–Crippen MR) is 108 cm³/mol. The smallest absolute Gasteiger partial charge is 0.243 e. The molecule has 2 aromatic carbocycles. The molecule has 4 nitrogen and oxygen atoms in total. The number of nitrogens with one attached hydrogen (secondary N) is 2. The molecule has 0 atom stereocenters. The predicted octanol–water partition coefficient (Wildman–Crippen LogP) is 4.40. The summed E-state index contributed by atoms with van der Waals surface area (Å²) in [6.07, 6.45) is 0. The first kappa shape index (κ1) is 19.8. The number of thioether (sulfide) groups is 1. The number of hydrogen-bond donors (Lipinski definition) is 2. The fourth-order valence-electron chi connectivity index (χ4n) is 2.08. The highest BCUT2D eigenvalue weighted by Gasteiger charge is 2.08. The van der Waals surface area contributed by atoms with Gasteiger partial charge in [-0.2, -0.15) is 0 Å². The maximum Gasteiger partial charge on any atom is 0.243 e. The largest absolute Gasteiger partial charge is 0.346 e. The van der Waals surface area contributed by atoms with Gasteiger partial charge in [0.05, 0.1) is 12.3 Å². The SMILES string of the molecule is Cc1cc(Br)ccc1NC(=O)CNC(=O)CSCc1cccc(Cl)c1. The molecule has 0 bridgehead atoms. The first-order valence-corrected chi connectivity index (χ1v) is 9.91. The molecular weight excluding hydrogens is 424 g/mol. The number of amides is 2. The van der Waals surface area contributed by atoms with Gasteiger partial charge in [-0.3, -0.25) is 9.59 Å². The van der Waals surface area contributed by atoms with Crippen molar-refractivity contribution in [2.24, 2.45) is 0 Å². The molecule has 2 amide bonds. The molecule has 0 unspecified atom stereocenters. The van der Waals surface area contributed by atoms with Crippen molar-refractivity contribution >= 4 is 56.8 Å². The summed E-state index contributed by atoms with van der Waals surface area (Å²) in [7, 11) is 0. The van der Waals surface area contributed by atoms with Gasteiger partial charge in [-0.05, 0) is 48.4 Å². The first-order chi connectivity index (χ1) is 11.9. The van der Waals surface area contributed by atoms with Crippen LogP contribution in [0.1, 0.15) is 11.1 Å². The van der Waals surface area contributed by atoms with Crippen LogP contribution >= 0.6 is 39.3 Å². The molecule has 0 spiro atoms. The maximum absolute atomic E-state index is 11.9. The molecule has 0 aliphatic carbocycles. The molecule has 0 radical (unpaired) electrons. The lowest BCUT2D eigenvalue weighted by Crippen LogP contribution is -2.34. The summed E-state index contributed by atoms with van der Waals surface area (Å²) < 4.78 is 0.952. The number of halogens is 2. The van der Waals surface area contributed by atoms with Crippen molar-refractivity contribution in [3.63, 3.8) is 0 Å². The zero-order valence-corrected chi connectivity index (χ0v) is 16.8. The average Bonchev–Trinajstić information content (AvgIpc) is 2.56. The lowest BCUT2D eigenvalue weighted by Gasteiger charge is -2.09. The van der Waals surface area contributed by atoms with Crippen LogP contribution in [0, 0.1) is 6.92 Å². The first-order valence-electron chi connectivity index (χ1n) is 7.59. The van der Waals surface area contributed by atoms with E-state index < -0.39 is 0 Å². The van der Waals surface area contributed by atoms with E-state index >= 15 is 0 Å².